The van der Waals surface area contributed by atoms with Gasteiger partial charge in [0.05, 0.1) is 18.3 Å². The van der Waals surface area contributed by atoms with Crippen LogP contribution in [0.3, 0.4) is 0 Å². The number of rotatable bonds is 2. The second-order valence-corrected chi connectivity index (χ2v) is 3.76. The number of hydrogen-bond donors (Lipinski definition) is 0. The van der Waals surface area contributed by atoms with Gasteiger partial charge in [0.1, 0.15) is 0 Å². The summed E-state index contributed by atoms with van der Waals surface area (Å²) in [5.41, 5.74) is 1.90. The molecule has 0 bridgehead atoms. The van der Waals surface area contributed by atoms with Gasteiger partial charge in [-0.15, -0.1) is 0 Å². The molecule has 1 aliphatic heterocycles. The van der Waals surface area contributed by atoms with E-state index < -0.39 is 0 Å². The zero-order valence-corrected chi connectivity index (χ0v) is 8.72. The Morgan fingerprint density at radius 3 is 2.93 bits per heavy atom. The highest BCUT2D eigenvalue weighted by molar-refractivity contribution is 5.32. The SMILES string of the molecule is CN1C=CN(Cc2cccc(C#N)c2)C1. The molecular weight excluding hydrogens is 186 g/mol. The van der Waals surface area contributed by atoms with Crippen LogP contribution in [0.1, 0.15) is 11.1 Å². The van der Waals surface area contributed by atoms with Gasteiger partial charge in [-0.05, 0) is 17.7 Å². The van der Waals surface area contributed by atoms with E-state index in [9.17, 15) is 0 Å². The van der Waals surface area contributed by atoms with Gasteiger partial charge in [-0.3, -0.25) is 0 Å². The van der Waals surface area contributed by atoms with Gasteiger partial charge in [0.25, 0.3) is 0 Å². The van der Waals surface area contributed by atoms with Crippen LogP contribution < -0.4 is 0 Å². The van der Waals surface area contributed by atoms with Crippen molar-refractivity contribution < 1.29 is 0 Å². The molecule has 0 radical (unpaired) electrons. The van der Waals surface area contributed by atoms with E-state index in [0.29, 0.717) is 0 Å². The van der Waals surface area contributed by atoms with Crippen LogP contribution in [-0.2, 0) is 6.54 Å². The summed E-state index contributed by atoms with van der Waals surface area (Å²) >= 11 is 0. The van der Waals surface area contributed by atoms with Crippen LogP contribution in [0.5, 0.6) is 0 Å². The first kappa shape index (κ1) is 9.60. The van der Waals surface area contributed by atoms with Crippen LogP contribution in [0.4, 0.5) is 0 Å². The Balaban J connectivity index is 2.05. The minimum absolute atomic E-state index is 0.726. The fourth-order valence-corrected chi connectivity index (χ4v) is 1.67. The van der Waals surface area contributed by atoms with Crippen molar-refractivity contribution in [2.75, 3.05) is 13.7 Å². The number of benzene rings is 1. The van der Waals surface area contributed by atoms with E-state index >= 15 is 0 Å². The largest absolute Gasteiger partial charge is 0.362 e. The Morgan fingerprint density at radius 1 is 1.40 bits per heavy atom. The van der Waals surface area contributed by atoms with Gasteiger partial charge in [0.2, 0.25) is 0 Å². The quantitative estimate of drug-likeness (QED) is 0.726. The average Bonchev–Trinajstić information content (AvgIpc) is 2.64. The lowest BCUT2D eigenvalue weighted by atomic mass is 10.1. The molecule has 0 unspecified atom stereocenters. The van der Waals surface area contributed by atoms with Crippen molar-refractivity contribution in [2.45, 2.75) is 6.54 Å². The number of nitriles is 1. The molecule has 3 nitrogen and oxygen atoms in total. The van der Waals surface area contributed by atoms with Crippen LogP contribution in [0.15, 0.2) is 36.7 Å². The number of hydrogen-bond acceptors (Lipinski definition) is 3. The molecule has 0 aromatic heterocycles. The van der Waals surface area contributed by atoms with Gasteiger partial charge < -0.3 is 9.80 Å². The summed E-state index contributed by atoms with van der Waals surface area (Å²) in [6.45, 7) is 1.77. The van der Waals surface area contributed by atoms with Gasteiger partial charge >= 0.3 is 0 Å². The third-order valence-corrected chi connectivity index (χ3v) is 2.38. The fourth-order valence-electron chi connectivity index (χ4n) is 1.67. The van der Waals surface area contributed by atoms with Crippen LogP contribution in [0, 0.1) is 11.3 Å². The summed E-state index contributed by atoms with van der Waals surface area (Å²) in [5.74, 6) is 0. The van der Waals surface area contributed by atoms with E-state index in [2.05, 4.69) is 22.1 Å². The number of nitrogens with zero attached hydrogens (tertiary/aromatic N) is 3. The predicted octanol–water partition coefficient (Wildman–Crippen LogP) is 1.73. The van der Waals surface area contributed by atoms with Crippen LogP contribution >= 0.6 is 0 Å². The topological polar surface area (TPSA) is 30.3 Å². The molecule has 0 fully saturated rings. The molecule has 0 saturated heterocycles. The van der Waals surface area contributed by atoms with Crippen LogP contribution in [0.25, 0.3) is 0 Å². The predicted molar refractivity (Wildman–Crippen MR) is 58.5 cm³/mol. The van der Waals surface area contributed by atoms with E-state index in [1.54, 1.807) is 0 Å². The van der Waals surface area contributed by atoms with Crippen molar-refractivity contribution in [2.24, 2.45) is 0 Å². The monoisotopic (exact) mass is 199 g/mol. The second-order valence-electron chi connectivity index (χ2n) is 3.76. The molecule has 0 aliphatic carbocycles. The molecule has 1 aliphatic rings. The minimum atomic E-state index is 0.726. The van der Waals surface area contributed by atoms with Crippen molar-refractivity contribution in [1.82, 2.24) is 9.80 Å². The molecule has 1 aromatic carbocycles. The van der Waals surface area contributed by atoms with Gasteiger partial charge in [0.15, 0.2) is 0 Å². The summed E-state index contributed by atoms with van der Waals surface area (Å²) in [4.78, 5) is 4.32. The van der Waals surface area contributed by atoms with Crippen molar-refractivity contribution in [3.63, 3.8) is 0 Å². The van der Waals surface area contributed by atoms with E-state index in [0.717, 1.165) is 18.8 Å². The Labute approximate surface area is 89.8 Å². The summed E-state index contributed by atoms with van der Waals surface area (Å²) in [6, 6.07) is 9.90. The molecular formula is C12H13N3. The lowest BCUT2D eigenvalue weighted by Crippen LogP contribution is -2.21. The maximum Gasteiger partial charge on any atom is 0.0991 e. The third-order valence-electron chi connectivity index (χ3n) is 2.38. The molecule has 0 saturated carbocycles. The molecule has 0 N–H and O–H groups in total. The highest BCUT2D eigenvalue weighted by Crippen LogP contribution is 2.11. The first-order valence-corrected chi connectivity index (χ1v) is 4.89. The molecule has 1 heterocycles. The standard InChI is InChI=1S/C12H13N3/c1-14-5-6-15(10-14)9-12-4-2-3-11(7-12)8-13/h2-7H,9-10H2,1H3. The average molecular weight is 199 g/mol. The molecule has 1 aromatic rings. The maximum absolute atomic E-state index is 8.78. The first-order valence-electron chi connectivity index (χ1n) is 4.89. The molecule has 0 amide bonds. The molecule has 76 valence electrons. The Bertz CT molecular complexity index is 417. The van der Waals surface area contributed by atoms with Crippen LogP contribution in [-0.4, -0.2) is 23.5 Å². The van der Waals surface area contributed by atoms with Crippen LogP contribution in [0.2, 0.25) is 0 Å². The van der Waals surface area contributed by atoms with E-state index in [4.69, 9.17) is 5.26 Å². The summed E-state index contributed by atoms with van der Waals surface area (Å²) in [6.07, 6.45) is 4.12. The van der Waals surface area contributed by atoms with Gasteiger partial charge in [0, 0.05) is 26.0 Å². The smallest absolute Gasteiger partial charge is 0.0991 e. The Morgan fingerprint density at radius 2 is 2.27 bits per heavy atom. The van der Waals surface area contributed by atoms with Gasteiger partial charge in [-0.2, -0.15) is 5.26 Å². The van der Waals surface area contributed by atoms with Gasteiger partial charge in [-0.1, -0.05) is 12.1 Å². The molecule has 3 heteroatoms. The van der Waals surface area contributed by atoms with Crippen molar-refractivity contribution >= 4 is 0 Å². The lowest BCUT2D eigenvalue weighted by molar-refractivity contribution is 0.291. The fraction of sp³-hybridized carbons (Fsp3) is 0.250. The van der Waals surface area contributed by atoms with E-state index in [1.807, 2.05) is 37.5 Å². The maximum atomic E-state index is 8.78. The second kappa shape index (κ2) is 4.05. The van der Waals surface area contributed by atoms with Crippen molar-refractivity contribution in [3.05, 3.63) is 47.8 Å². The molecule has 0 spiro atoms. The lowest BCUT2D eigenvalue weighted by Gasteiger charge is -2.18. The first-order chi connectivity index (χ1) is 7.28. The van der Waals surface area contributed by atoms with E-state index in [1.165, 1.54) is 5.56 Å². The summed E-state index contributed by atoms with van der Waals surface area (Å²) in [5, 5.41) is 8.78. The zero-order chi connectivity index (χ0) is 10.7. The highest BCUT2D eigenvalue weighted by atomic mass is 15.3. The molecule has 0 atom stereocenters. The van der Waals surface area contributed by atoms with E-state index in [-0.39, 0.29) is 0 Å². The zero-order valence-electron chi connectivity index (χ0n) is 8.72. The Kier molecular flexibility index (Phi) is 2.59. The highest BCUT2D eigenvalue weighted by Gasteiger charge is 2.08. The Hall–Kier alpha value is -1.95. The van der Waals surface area contributed by atoms with Crippen molar-refractivity contribution in [1.29, 1.82) is 5.26 Å². The third kappa shape index (κ3) is 2.29. The van der Waals surface area contributed by atoms with Crippen molar-refractivity contribution in [3.8, 4) is 6.07 Å². The molecule has 2 rings (SSSR count). The summed E-state index contributed by atoms with van der Waals surface area (Å²) in [7, 11) is 2.04. The van der Waals surface area contributed by atoms with Gasteiger partial charge in [-0.25, -0.2) is 0 Å². The summed E-state index contributed by atoms with van der Waals surface area (Å²) < 4.78 is 0. The molecule has 15 heavy (non-hydrogen) atoms. The normalized spacial score (nSPS) is 14.4. The minimum Gasteiger partial charge on any atom is -0.362 e.